The van der Waals surface area contributed by atoms with E-state index in [4.69, 9.17) is 0 Å². The number of anilines is 2. The van der Waals surface area contributed by atoms with Gasteiger partial charge >= 0.3 is 0 Å². The summed E-state index contributed by atoms with van der Waals surface area (Å²) in [6.07, 6.45) is 26.1. The summed E-state index contributed by atoms with van der Waals surface area (Å²) in [5, 5.41) is 0. The first-order valence-electron chi connectivity index (χ1n) is 20.8. The van der Waals surface area contributed by atoms with Crippen LogP contribution in [-0.2, 0) is 0 Å². The summed E-state index contributed by atoms with van der Waals surface area (Å²) in [7, 11) is 0. The number of thiophene rings is 1. The maximum Gasteiger partial charge on any atom is 0.0458 e. The second kappa shape index (κ2) is 24.2. The average molecular weight is 782 g/mol. The van der Waals surface area contributed by atoms with E-state index in [0.717, 1.165) is 23.5 Å². The number of nitrogens with zero attached hydrogens (tertiary/aromatic N) is 1. The van der Waals surface area contributed by atoms with Gasteiger partial charge in [-0.25, -0.2) is 0 Å². The molecule has 0 aliphatic heterocycles. The minimum Gasteiger partial charge on any atom is -0.315 e. The lowest BCUT2D eigenvalue weighted by atomic mass is 9.94. The molecule has 2 unspecified atom stereocenters. The van der Waals surface area contributed by atoms with Gasteiger partial charge in [0, 0.05) is 26.8 Å². The molecule has 2 atom stereocenters. The molecule has 1 nitrogen and oxygen atoms in total. The maximum absolute atomic E-state index is 3.91. The normalized spacial score (nSPS) is 15.6. The summed E-state index contributed by atoms with van der Waals surface area (Å²) in [6.45, 7) is 20.7. The van der Waals surface area contributed by atoms with Crippen LogP contribution in [0.25, 0.3) is 32.7 Å². The molecule has 4 aromatic carbocycles. The Labute approximate surface area is 355 Å². The van der Waals surface area contributed by atoms with Crippen LogP contribution >= 0.6 is 11.3 Å². The van der Waals surface area contributed by atoms with Crippen molar-refractivity contribution in [1.29, 1.82) is 0 Å². The topological polar surface area (TPSA) is 3.24 Å². The molecule has 0 saturated carbocycles. The van der Waals surface area contributed by atoms with Gasteiger partial charge in [0.05, 0.1) is 0 Å². The molecule has 1 aromatic heterocycles. The summed E-state index contributed by atoms with van der Waals surface area (Å²) in [5.41, 5.74) is 12.4. The highest BCUT2D eigenvalue weighted by atomic mass is 32.1. The molecule has 298 valence electrons. The van der Waals surface area contributed by atoms with Crippen LogP contribution in [-0.4, -0.2) is 0 Å². The lowest BCUT2D eigenvalue weighted by molar-refractivity contribution is 0.739. The van der Waals surface area contributed by atoms with E-state index >= 15 is 0 Å². The molecule has 0 spiro atoms. The van der Waals surface area contributed by atoms with Gasteiger partial charge in [0.25, 0.3) is 0 Å². The molecule has 0 bridgehead atoms. The molecule has 5 aromatic rings. The van der Waals surface area contributed by atoms with E-state index in [1.54, 1.807) is 0 Å². The van der Waals surface area contributed by atoms with Gasteiger partial charge in [0.2, 0.25) is 0 Å². The molecular formula is C56H63NS. The highest BCUT2D eigenvalue weighted by molar-refractivity contribution is 7.16. The molecule has 0 fully saturated rings. The third-order valence-electron chi connectivity index (χ3n) is 9.60. The molecule has 0 N–H and O–H groups in total. The van der Waals surface area contributed by atoms with Crippen LogP contribution in [0.15, 0.2) is 206 Å². The van der Waals surface area contributed by atoms with Crippen LogP contribution < -0.4 is 4.90 Å². The van der Waals surface area contributed by atoms with Crippen molar-refractivity contribution in [3.05, 3.63) is 216 Å². The minimum atomic E-state index is 0.636. The Morgan fingerprint density at radius 3 is 1.53 bits per heavy atom. The Morgan fingerprint density at radius 1 is 0.586 bits per heavy atom. The van der Waals surface area contributed by atoms with Crippen molar-refractivity contribution >= 4 is 33.9 Å². The summed E-state index contributed by atoms with van der Waals surface area (Å²) in [4.78, 5) is 4.91. The third kappa shape index (κ3) is 13.7. The second-order valence-electron chi connectivity index (χ2n) is 14.6. The van der Waals surface area contributed by atoms with E-state index in [1.807, 2.05) is 50.3 Å². The molecular weight excluding hydrogens is 719 g/mol. The summed E-state index contributed by atoms with van der Waals surface area (Å²) in [5.74, 6) is 1.34. The van der Waals surface area contributed by atoms with Gasteiger partial charge in [-0.2, -0.15) is 0 Å². The molecule has 58 heavy (non-hydrogen) atoms. The molecule has 0 saturated heterocycles. The van der Waals surface area contributed by atoms with Gasteiger partial charge in [0.15, 0.2) is 0 Å². The molecule has 1 heterocycles. The van der Waals surface area contributed by atoms with Crippen molar-refractivity contribution in [3.63, 3.8) is 0 Å². The molecule has 2 aliphatic rings. The smallest absolute Gasteiger partial charge is 0.0458 e. The first kappa shape index (κ1) is 45.0. The van der Waals surface area contributed by atoms with Gasteiger partial charge in [-0.3, -0.25) is 0 Å². The van der Waals surface area contributed by atoms with Crippen molar-refractivity contribution < 1.29 is 0 Å². The molecule has 7 rings (SSSR count). The van der Waals surface area contributed by atoms with E-state index in [1.165, 1.54) is 55.1 Å². The van der Waals surface area contributed by atoms with E-state index in [0.29, 0.717) is 11.8 Å². The fourth-order valence-electron chi connectivity index (χ4n) is 6.43. The number of hydrogen-bond acceptors (Lipinski definition) is 2. The average Bonchev–Trinajstić information content (AvgIpc) is 3.77. The lowest BCUT2D eigenvalue weighted by Gasteiger charge is -2.26. The zero-order valence-corrected chi connectivity index (χ0v) is 36.8. The van der Waals surface area contributed by atoms with E-state index in [2.05, 4.69) is 216 Å². The Bertz CT molecular complexity index is 2200. The number of hydrogen-bond donors (Lipinski definition) is 0. The highest BCUT2D eigenvalue weighted by Crippen LogP contribution is 2.37. The zero-order valence-electron chi connectivity index (χ0n) is 36.0. The van der Waals surface area contributed by atoms with Crippen LogP contribution in [0.5, 0.6) is 0 Å². The number of rotatable bonds is 9. The van der Waals surface area contributed by atoms with Crippen molar-refractivity contribution in [3.8, 4) is 21.6 Å². The number of benzene rings is 4. The third-order valence-corrected chi connectivity index (χ3v) is 10.8. The summed E-state index contributed by atoms with van der Waals surface area (Å²) in [6, 6.07) is 43.2. The van der Waals surface area contributed by atoms with Crippen LogP contribution in [0, 0.1) is 11.8 Å². The largest absolute Gasteiger partial charge is 0.315 e. The van der Waals surface area contributed by atoms with Gasteiger partial charge in [-0.05, 0) is 128 Å². The van der Waals surface area contributed by atoms with Crippen LogP contribution in [0.4, 0.5) is 11.4 Å². The van der Waals surface area contributed by atoms with Gasteiger partial charge in [-0.1, -0.05) is 186 Å². The monoisotopic (exact) mass is 781 g/mol. The van der Waals surface area contributed by atoms with Crippen molar-refractivity contribution in [2.75, 3.05) is 4.90 Å². The maximum atomic E-state index is 3.91. The van der Waals surface area contributed by atoms with Gasteiger partial charge in [-0.15, -0.1) is 11.3 Å². The van der Waals surface area contributed by atoms with Gasteiger partial charge in [0.1, 0.15) is 0 Å². The first-order valence-corrected chi connectivity index (χ1v) is 21.6. The van der Waals surface area contributed by atoms with E-state index in [9.17, 15) is 0 Å². The highest BCUT2D eigenvalue weighted by Gasteiger charge is 2.14. The zero-order chi connectivity index (χ0) is 41.7. The van der Waals surface area contributed by atoms with E-state index in [-0.39, 0.29) is 0 Å². The van der Waals surface area contributed by atoms with Gasteiger partial charge < -0.3 is 4.90 Å². The number of allylic oxidation sites excluding steroid dienone is 15. The van der Waals surface area contributed by atoms with E-state index < -0.39 is 0 Å². The molecule has 2 heteroatoms. The SMILES string of the molecule is C/C=C\C=C(C)C.C=C/C=C(\C)N(c1ccc(-c2ccccc2)cc1)c1ccc(-c2ccc(C3=CCC(C)C=C3)s2)cc1.CC.CC1C=CC(c2ccccc2)=CC1. The summed E-state index contributed by atoms with van der Waals surface area (Å²) < 4.78 is 0. The van der Waals surface area contributed by atoms with Crippen molar-refractivity contribution in [1.82, 2.24) is 0 Å². The molecule has 0 radical (unpaired) electrons. The predicted molar refractivity (Wildman–Crippen MR) is 262 cm³/mol. The standard InChI is InChI=1S/C34H31NS.C13H14.C7H12.C2H6/c1-4-8-26(3)35(31-19-15-28(16-20-31)27-9-6-5-7-10-27)32-21-17-30(18-22-32)34-24-23-33(36-34)29-13-11-25(2)12-14-29;1-11-7-9-13(10-8-11)12-5-3-2-4-6-12;1-4-5-6-7(2)3;1-2/h4-11,13-25H,1,12H2,2-3H3;2-7,9-11H,8H2,1H3;4-6H,1-3H3;1-2H3/b26-8+;;5-4-;. The van der Waals surface area contributed by atoms with Crippen LogP contribution in [0.3, 0.4) is 0 Å². The Hall–Kier alpha value is -5.70. The van der Waals surface area contributed by atoms with Crippen LogP contribution in [0.2, 0.25) is 0 Å². The fourth-order valence-corrected chi connectivity index (χ4v) is 7.46. The Morgan fingerprint density at radius 2 is 1.07 bits per heavy atom. The quantitative estimate of drug-likeness (QED) is 0.135. The van der Waals surface area contributed by atoms with Crippen LogP contribution in [0.1, 0.15) is 78.7 Å². The fraction of sp³-hybridized carbons (Fsp3) is 0.214. The Kier molecular flexibility index (Phi) is 18.7. The molecule has 0 amide bonds. The second-order valence-corrected chi connectivity index (χ2v) is 15.7. The lowest BCUT2D eigenvalue weighted by Crippen LogP contribution is -2.14. The molecule has 2 aliphatic carbocycles. The van der Waals surface area contributed by atoms with Crippen molar-refractivity contribution in [2.24, 2.45) is 11.8 Å². The summed E-state index contributed by atoms with van der Waals surface area (Å²) >= 11 is 1.86. The Balaban J connectivity index is 0.000000276. The van der Waals surface area contributed by atoms with Crippen molar-refractivity contribution in [2.45, 2.75) is 68.2 Å². The first-order chi connectivity index (χ1) is 28.2. The minimum absolute atomic E-state index is 0.636. The predicted octanol–water partition coefficient (Wildman–Crippen LogP) is 17.5.